The van der Waals surface area contributed by atoms with E-state index in [2.05, 4.69) is 10.3 Å². The molecule has 0 radical (unpaired) electrons. The Kier molecular flexibility index (Phi) is 5.27. The molecule has 0 aliphatic carbocycles. The van der Waals surface area contributed by atoms with Gasteiger partial charge in [-0.05, 0) is 42.3 Å². The number of thiazole rings is 1. The minimum atomic E-state index is -0.338. The molecular weight excluding hydrogens is 448 g/mol. The van der Waals surface area contributed by atoms with Crippen LogP contribution in [0.25, 0.3) is 0 Å². The summed E-state index contributed by atoms with van der Waals surface area (Å²) >= 11 is 7.16. The number of amides is 3. The van der Waals surface area contributed by atoms with E-state index in [1.54, 1.807) is 11.8 Å². The summed E-state index contributed by atoms with van der Waals surface area (Å²) in [6.45, 7) is 3.29. The molecule has 32 heavy (non-hydrogen) atoms. The molecule has 1 saturated heterocycles. The Balaban J connectivity index is 1.48. The summed E-state index contributed by atoms with van der Waals surface area (Å²) in [6, 6.07) is 15.1. The Morgan fingerprint density at radius 1 is 1.16 bits per heavy atom. The number of anilines is 2. The number of nitrogens with one attached hydrogen (secondary N) is 1. The number of carbonyl (C=O) groups excluding carboxylic acids is 2. The Labute approximate surface area is 194 Å². The molecule has 1 spiro atoms. The van der Waals surface area contributed by atoms with Gasteiger partial charge in [-0.1, -0.05) is 41.1 Å². The number of para-hydroxylation sites is 1. The van der Waals surface area contributed by atoms with Gasteiger partial charge in [0.15, 0.2) is 5.13 Å². The molecule has 1 atom stereocenters. The van der Waals surface area contributed by atoms with Crippen molar-refractivity contribution in [3.8, 4) is 11.5 Å². The Bertz CT molecular complexity index is 1180. The quantitative estimate of drug-likeness (QED) is 0.578. The highest BCUT2D eigenvalue weighted by Crippen LogP contribution is 2.48. The van der Waals surface area contributed by atoms with Crippen LogP contribution >= 0.6 is 22.9 Å². The smallest absolute Gasteiger partial charge is 0.328 e. The molecule has 3 aromatic rings. The molecule has 1 unspecified atom stereocenters. The zero-order valence-corrected chi connectivity index (χ0v) is 18.9. The van der Waals surface area contributed by atoms with Gasteiger partial charge in [0.1, 0.15) is 15.8 Å². The van der Waals surface area contributed by atoms with Crippen LogP contribution in [0.3, 0.4) is 0 Å². The van der Waals surface area contributed by atoms with Crippen LogP contribution in [0.5, 0.6) is 11.5 Å². The maximum Gasteiger partial charge on any atom is 0.328 e. The summed E-state index contributed by atoms with van der Waals surface area (Å²) in [5, 5.41) is 3.29. The van der Waals surface area contributed by atoms with Gasteiger partial charge in [0, 0.05) is 37.7 Å². The summed E-state index contributed by atoms with van der Waals surface area (Å²) in [5.41, 5.74) is 1.49. The van der Waals surface area contributed by atoms with Crippen molar-refractivity contribution in [2.75, 3.05) is 29.9 Å². The Morgan fingerprint density at radius 3 is 2.66 bits per heavy atom. The molecule has 1 aromatic heterocycles. The van der Waals surface area contributed by atoms with Crippen molar-refractivity contribution in [2.45, 2.75) is 18.8 Å². The average Bonchev–Trinajstić information content (AvgIpc) is 3.48. The van der Waals surface area contributed by atoms with E-state index in [0.717, 1.165) is 23.4 Å². The van der Waals surface area contributed by atoms with E-state index in [9.17, 15) is 9.59 Å². The molecule has 9 heteroatoms. The molecule has 2 aromatic carbocycles. The third kappa shape index (κ3) is 3.80. The van der Waals surface area contributed by atoms with Crippen LogP contribution in [0.4, 0.5) is 15.6 Å². The number of ether oxygens (including phenoxy) is 1. The first-order valence-electron chi connectivity index (χ1n) is 10.3. The maximum absolute atomic E-state index is 13.1. The van der Waals surface area contributed by atoms with Crippen molar-refractivity contribution in [1.29, 1.82) is 0 Å². The molecular formula is C23H21ClN4O3S. The fraction of sp³-hybridized carbons (Fsp3) is 0.261. The molecule has 0 bridgehead atoms. The third-order valence-electron chi connectivity index (χ3n) is 6.01. The van der Waals surface area contributed by atoms with Gasteiger partial charge in [-0.2, -0.15) is 0 Å². The lowest BCUT2D eigenvalue weighted by molar-refractivity contribution is -0.127. The Hall–Kier alpha value is -3.10. The predicted molar refractivity (Wildman–Crippen MR) is 125 cm³/mol. The predicted octanol–water partition coefficient (Wildman–Crippen LogP) is 5.13. The number of urea groups is 1. The number of fused-ring (bicyclic) bond motifs is 2. The highest BCUT2D eigenvalue weighted by atomic mass is 35.5. The van der Waals surface area contributed by atoms with Gasteiger partial charge in [-0.15, -0.1) is 0 Å². The molecule has 2 aliphatic rings. The number of aromatic nitrogens is 1. The van der Waals surface area contributed by atoms with Crippen molar-refractivity contribution >= 4 is 45.7 Å². The van der Waals surface area contributed by atoms with Gasteiger partial charge in [0.25, 0.3) is 0 Å². The number of rotatable bonds is 3. The van der Waals surface area contributed by atoms with Crippen LogP contribution in [0.2, 0.25) is 4.34 Å². The SMILES string of the molecule is CC(=O)N1CCC2(C1)CN(C(=O)Nc1ncc(Cl)s1)c1ccc(Oc3ccccc3)cc12. The number of carbonyl (C=O) groups is 2. The first-order valence-corrected chi connectivity index (χ1v) is 11.5. The summed E-state index contributed by atoms with van der Waals surface area (Å²) in [4.78, 5) is 32.9. The number of halogens is 1. The standard InChI is InChI=1S/C23H21ClN4O3S/c1-15(29)27-10-9-23(13-27)14-28(22(30)26-21-25-12-20(24)32-21)19-8-7-17(11-18(19)23)31-16-5-3-2-4-6-16/h2-8,11-12H,9-10,13-14H2,1H3,(H,25,26,30). The van der Waals surface area contributed by atoms with Crippen LogP contribution in [-0.4, -0.2) is 41.5 Å². The van der Waals surface area contributed by atoms with Crippen molar-refractivity contribution in [3.05, 3.63) is 64.6 Å². The van der Waals surface area contributed by atoms with Crippen molar-refractivity contribution in [2.24, 2.45) is 0 Å². The van der Waals surface area contributed by atoms with Gasteiger partial charge in [-0.25, -0.2) is 9.78 Å². The highest BCUT2D eigenvalue weighted by Gasteiger charge is 2.49. The molecule has 1 fully saturated rings. The number of likely N-dealkylation sites (tertiary alicyclic amines) is 1. The molecule has 2 aliphatic heterocycles. The van der Waals surface area contributed by atoms with Gasteiger partial charge in [0.2, 0.25) is 5.91 Å². The minimum absolute atomic E-state index is 0.0421. The number of benzene rings is 2. The molecule has 7 nitrogen and oxygen atoms in total. The number of nitrogens with zero attached hydrogens (tertiary/aromatic N) is 3. The van der Waals surface area contributed by atoms with E-state index in [-0.39, 0.29) is 17.4 Å². The van der Waals surface area contributed by atoms with Gasteiger partial charge in [-0.3, -0.25) is 15.0 Å². The summed E-state index contributed by atoms with van der Waals surface area (Å²) < 4.78 is 6.56. The average molecular weight is 469 g/mol. The maximum atomic E-state index is 13.1. The monoisotopic (exact) mass is 468 g/mol. The van der Waals surface area contributed by atoms with E-state index < -0.39 is 0 Å². The second-order valence-electron chi connectivity index (χ2n) is 8.05. The number of hydrogen-bond acceptors (Lipinski definition) is 5. The normalized spacial score (nSPS) is 19.3. The van der Waals surface area contributed by atoms with Gasteiger partial charge >= 0.3 is 6.03 Å². The highest BCUT2D eigenvalue weighted by molar-refractivity contribution is 7.19. The lowest BCUT2D eigenvalue weighted by Crippen LogP contribution is -2.41. The van der Waals surface area contributed by atoms with Crippen molar-refractivity contribution < 1.29 is 14.3 Å². The van der Waals surface area contributed by atoms with Gasteiger partial charge < -0.3 is 9.64 Å². The molecule has 3 amide bonds. The lowest BCUT2D eigenvalue weighted by atomic mass is 9.81. The van der Waals surface area contributed by atoms with E-state index in [0.29, 0.717) is 34.9 Å². The fourth-order valence-corrected chi connectivity index (χ4v) is 5.28. The summed E-state index contributed by atoms with van der Waals surface area (Å²) in [6.07, 6.45) is 2.29. The topological polar surface area (TPSA) is 74.8 Å². The molecule has 0 saturated carbocycles. The molecule has 164 valence electrons. The van der Waals surface area contributed by atoms with Crippen molar-refractivity contribution in [1.82, 2.24) is 9.88 Å². The van der Waals surface area contributed by atoms with E-state index in [1.807, 2.05) is 53.4 Å². The first-order chi connectivity index (χ1) is 15.4. The first kappa shape index (κ1) is 20.8. The van der Waals surface area contributed by atoms with Crippen LogP contribution in [0, 0.1) is 0 Å². The zero-order chi connectivity index (χ0) is 22.3. The van der Waals surface area contributed by atoms with E-state index in [1.165, 1.54) is 17.5 Å². The second-order valence-corrected chi connectivity index (χ2v) is 9.71. The lowest BCUT2D eigenvalue weighted by Gasteiger charge is -2.25. The largest absolute Gasteiger partial charge is 0.457 e. The fourth-order valence-electron chi connectivity index (χ4n) is 4.48. The zero-order valence-electron chi connectivity index (χ0n) is 17.4. The molecule has 1 N–H and O–H groups in total. The Morgan fingerprint density at radius 2 is 1.97 bits per heavy atom. The molecule has 5 rings (SSSR count). The number of hydrogen-bond donors (Lipinski definition) is 1. The summed E-state index contributed by atoms with van der Waals surface area (Å²) in [7, 11) is 0. The van der Waals surface area contributed by atoms with E-state index >= 15 is 0 Å². The second kappa shape index (κ2) is 8.11. The van der Waals surface area contributed by atoms with Gasteiger partial charge in [0.05, 0.1) is 6.20 Å². The van der Waals surface area contributed by atoms with Crippen LogP contribution in [0.1, 0.15) is 18.9 Å². The molecule has 3 heterocycles. The van der Waals surface area contributed by atoms with Crippen LogP contribution in [0.15, 0.2) is 54.7 Å². The van der Waals surface area contributed by atoms with Crippen LogP contribution < -0.4 is 15.0 Å². The van der Waals surface area contributed by atoms with Crippen LogP contribution in [-0.2, 0) is 10.2 Å². The summed E-state index contributed by atoms with van der Waals surface area (Å²) in [5.74, 6) is 1.48. The van der Waals surface area contributed by atoms with E-state index in [4.69, 9.17) is 16.3 Å². The van der Waals surface area contributed by atoms with Crippen molar-refractivity contribution in [3.63, 3.8) is 0 Å². The third-order valence-corrected chi connectivity index (χ3v) is 7.04. The minimum Gasteiger partial charge on any atom is -0.457 e.